The van der Waals surface area contributed by atoms with Gasteiger partial charge >= 0.3 is 0 Å². The number of aromatic nitrogens is 1. The average Bonchev–Trinajstić information content (AvgIpc) is 2.32. The Bertz CT molecular complexity index is 668. The Morgan fingerprint density at radius 3 is 2.56 bits per heavy atom. The first-order valence-electron chi connectivity index (χ1n) is 6.10. The van der Waals surface area contributed by atoms with Crippen LogP contribution in [0.3, 0.4) is 0 Å². The Morgan fingerprint density at radius 1 is 1.22 bits per heavy atom. The summed E-state index contributed by atoms with van der Waals surface area (Å²) in [5.74, 6) is 0.107. The molecule has 0 amide bonds. The van der Waals surface area contributed by atoms with E-state index < -0.39 is 0 Å². The molecular formula is C15H17NO2. The molecule has 18 heavy (non-hydrogen) atoms. The summed E-state index contributed by atoms with van der Waals surface area (Å²) in [6, 6.07) is 5.97. The van der Waals surface area contributed by atoms with Gasteiger partial charge in [-0.25, -0.2) is 0 Å². The molecule has 0 saturated carbocycles. The number of carbonyl (C=O) groups is 1. The maximum atomic E-state index is 11.9. The molecule has 0 bridgehead atoms. The summed E-state index contributed by atoms with van der Waals surface area (Å²) in [5.41, 5.74) is 3.69. The van der Waals surface area contributed by atoms with E-state index in [1.54, 1.807) is 6.92 Å². The Kier molecular flexibility index (Phi) is 3.32. The van der Waals surface area contributed by atoms with Crippen molar-refractivity contribution in [2.75, 3.05) is 0 Å². The Balaban J connectivity index is 2.57. The molecule has 1 heterocycles. The van der Waals surface area contributed by atoms with E-state index in [2.05, 4.69) is 4.98 Å². The summed E-state index contributed by atoms with van der Waals surface area (Å²) in [6.45, 7) is 5.55. The number of hydrogen-bond acceptors (Lipinski definition) is 2. The van der Waals surface area contributed by atoms with Crippen molar-refractivity contribution in [2.24, 2.45) is 0 Å². The molecule has 94 valence electrons. The van der Waals surface area contributed by atoms with Crippen LogP contribution in [-0.2, 0) is 11.2 Å². The molecule has 1 aromatic carbocycles. The first-order valence-corrected chi connectivity index (χ1v) is 6.10. The zero-order valence-corrected chi connectivity index (χ0v) is 11.0. The standard InChI is InChI=1S/C15H17NO2/c1-9-4-5-10(2)14-13(9)8-12(15(18)16-14)7-6-11(3)17/h4-5,8H,6-7H2,1-3H3,(H,16,18). The van der Waals surface area contributed by atoms with Crippen LogP contribution in [-0.4, -0.2) is 10.8 Å². The molecule has 1 N–H and O–H groups in total. The molecule has 0 radical (unpaired) electrons. The second-order valence-electron chi connectivity index (χ2n) is 4.81. The lowest BCUT2D eigenvalue weighted by molar-refractivity contribution is -0.116. The van der Waals surface area contributed by atoms with Crippen LogP contribution in [0.2, 0.25) is 0 Å². The van der Waals surface area contributed by atoms with Gasteiger partial charge in [0.1, 0.15) is 5.78 Å². The molecule has 3 nitrogen and oxygen atoms in total. The molecule has 1 aromatic heterocycles. The van der Waals surface area contributed by atoms with Crippen molar-refractivity contribution < 1.29 is 4.79 Å². The first kappa shape index (κ1) is 12.6. The van der Waals surface area contributed by atoms with Crippen molar-refractivity contribution in [3.8, 4) is 0 Å². The predicted molar refractivity (Wildman–Crippen MR) is 73.0 cm³/mol. The van der Waals surface area contributed by atoms with E-state index in [0.29, 0.717) is 18.4 Å². The molecule has 3 heteroatoms. The van der Waals surface area contributed by atoms with Gasteiger partial charge in [0.25, 0.3) is 5.56 Å². The van der Waals surface area contributed by atoms with E-state index in [0.717, 1.165) is 22.0 Å². The van der Waals surface area contributed by atoms with Crippen LogP contribution in [0, 0.1) is 13.8 Å². The maximum Gasteiger partial charge on any atom is 0.251 e. The highest BCUT2D eigenvalue weighted by atomic mass is 16.1. The Labute approximate surface area is 106 Å². The summed E-state index contributed by atoms with van der Waals surface area (Å²) >= 11 is 0. The van der Waals surface area contributed by atoms with Crippen molar-refractivity contribution in [1.82, 2.24) is 4.98 Å². The number of rotatable bonds is 3. The zero-order valence-electron chi connectivity index (χ0n) is 11.0. The fraction of sp³-hybridized carbons (Fsp3) is 0.333. The van der Waals surface area contributed by atoms with E-state index in [1.807, 2.05) is 32.0 Å². The molecule has 0 aliphatic heterocycles. The largest absolute Gasteiger partial charge is 0.321 e. The van der Waals surface area contributed by atoms with Crippen LogP contribution >= 0.6 is 0 Å². The minimum absolute atomic E-state index is 0.0857. The third-order valence-electron chi connectivity index (χ3n) is 3.27. The lowest BCUT2D eigenvalue weighted by Crippen LogP contribution is -2.14. The highest BCUT2D eigenvalue weighted by Gasteiger charge is 2.07. The monoisotopic (exact) mass is 243 g/mol. The van der Waals surface area contributed by atoms with E-state index in [1.165, 1.54) is 0 Å². The molecule has 0 unspecified atom stereocenters. The number of benzene rings is 1. The molecule has 2 aromatic rings. The predicted octanol–water partition coefficient (Wildman–Crippen LogP) is 2.67. The van der Waals surface area contributed by atoms with Crippen molar-refractivity contribution in [3.63, 3.8) is 0 Å². The quantitative estimate of drug-likeness (QED) is 0.901. The van der Waals surface area contributed by atoms with Crippen LogP contribution < -0.4 is 5.56 Å². The molecular weight excluding hydrogens is 226 g/mol. The molecule has 2 rings (SSSR count). The van der Waals surface area contributed by atoms with Gasteiger partial charge in [-0.3, -0.25) is 4.79 Å². The van der Waals surface area contributed by atoms with E-state index in [-0.39, 0.29) is 11.3 Å². The van der Waals surface area contributed by atoms with Gasteiger partial charge in [-0.1, -0.05) is 12.1 Å². The second kappa shape index (κ2) is 4.77. The summed E-state index contributed by atoms with van der Waals surface area (Å²) in [4.78, 5) is 25.9. The van der Waals surface area contributed by atoms with E-state index >= 15 is 0 Å². The fourth-order valence-corrected chi connectivity index (χ4v) is 2.11. The van der Waals surface area contributed by atoms with Crippen LogP contribution in [0.5, 0.6) is 0 Å². The molecule has 0 aliphatic carbocycles. The number of hydrogen-bond donors (Lipinski definition) is 1. The van der Waals surface area contributed by atoms with Crippen molar-refractivity contribution >= 4 is 16.7 Å². The molecule has 0 aliphatic rings. The number of H-pyrrole nitrogens is 1. The summed E-state index contributed by atoms with van der Waals surface area (Å²) < 4.78 is 0. The lowest BCUT2D eigenvalue weighted by atomic mass is 10.0. The third-order valence-corrected chi connectivity index (χ3v) is 3.27. The number of aryl methyl sites for hydroxylation is 3. The van der Waals surface area contributed by atoms with Gasteiger partial charge in [0.2, 0.25) is 0 Å². The summed E-state index contributed by atoms with van der Waals surface area (Å²) in [5, 5.41) is 1.06. The van der Waals surface area contributed by atoms with Gasteiger partial charge in [0, 0.05) is 17.4 Å². The smallest absolute Gasteiger partial charge is 0.251 e. The number of nitrogens with one attached hydrogen (secondary N) is 1. The molecule has 0 spiro atoms. The topological polar surface area (TPSA) is 49.9 Å². The van der Waals surface area contributed by atoms with Crippen molar-refractivity contribution in [2.45, 2.75) is 33.6 Å². The first-order chi connectivity index (χ1) is 8.49. The lowest BCUT2D eigenvalue weighted by Gasteiger charge is -2.07. The highest BCUT2D eigenvalue weighted by Crippen LogP contribution is 2.19. The van der Waals surface area contributed by atoms with Gasteiger partial charge in [0.15, 0.2) is 0 Å². The van der Waals surface area contributed by atoms with E-state index in [4.69, 9.17) is 0 Å². The number of ketones is 1. The van der Waals surface area contributed by atoms with Crippen LogP contribution in [0.15, 0.2) is 23.0 Å². The number of carbonyl (C=O) groups excluding carboxylic acids is 1. The van der Waals surface area contributed by atoms with Crippen molar-refractivity contribution in [1.29, 1.82) is 0 Å². The minimum atomic E-state index is -0.0857. The van der Waals surface area contributed by atoms with Gasteiger partial charge in [-0.15, -0.1) is 0 Å². The van der Waals surface area contributed by atoms with Gasteiger partial charge in [-0.05, 0) is 44.4 Å². The van der Waals surface area contributed by atoms with Crippen LogP contribution in [0.25, 0.3) is 10.9 Å². The molecule has 0 atom stereocenters. The van der Waals surface area contributed by atoms with Gasteiger partial charge < -0.3 is 9.78 Å². The normalized spacial score (nSPS) is 10.8. The molecule has 0 saturated heterocycles. The average molecular weight is 243 g/mol. The Morgan fingerprint density at radius 2 is 1.89 bits per heavy atom. The fourth-order valence-electron chi connectivity index (χ4n) is 2.11. The number of pyridine rings is 1. The third kappa shape index (κ3) is 2.35. The minimum Gasteiger partial charge on any atom is -0.321 e. The molecule has 0 fully saturated rings. The summed E-state index contributed by atoms with van der Waals surface area (Å²) in [7, 11) is 0. The van der Waals surface area contributed by atoms with Gasteiger partial charge in [-0.2, -0.15) is 0 Å². The maximum absolute atomic E-state index is 11.9. The number of Topliss-reactive ketones (excluding diaryl/α,β-unsaturated/α-hetero) is 1. The number of fused-ring (bicyclic) bond motifs is 1. The SMILES string of the molecule is CC(=O)CCc1cc2c(C)ccc(C)c2[nH]c1=O. The second-order valence-corrected chi connectivity index (χ2v) is 4.81. The van der Waals surface area contributed by atoms with Crippen LogP contribution in [0.4, 0.5) is 0 Å². The number of aromatic amines is 1. The highest BCUT2D eigenvalue weighted by molar-refractivity contribution is 5.85. The van der Waals surface area contributed by atoms with E-state index in [9.17, 15) is 9.59 Å². The summed E-state index contributed by atoms with van der Waals surface area (Å²) in [6.07, 6.45) is 0.924. The van der Waals surface area contributed by atoms with Crippen molar-refractivity contribution in [3.05, 3.63) is 45.2 Å². The Hall–Kier alpha value is -1.90. The van der Waals surface area contributed by atoms with Gasteiger partial charge in [0.05, 0.1) is 5.52 Å². The van der Waals surface area contributed by atoms with Crippen LogP contribution in [0.1, 0.15) is 30.0 Å². The zero-order chi connectivity index (χ0) is 13.3.